The lowest BCUT2D eigenvalue weighted by Crippen LogP contribution is -2.49. The molecule has 2 fully saturated rings. The van der Waals surface area contributed by atoms with Crippen LogP contribution in [0.25, 0.3) is 0 Å². The number of para-hydroxylation sites is 2. The van der Waals surface area contributed by atoms with Gasteiger partial charge in [-0.05, 0) is 69.6 Å². The highest BCUT2D eigenvalue weighted by molar-refractivity contribution is 6.32. The van der Waals surface area contributed by atoms with Crippen LogP contribution >= 0.6 is 11.6 Å². The third kappa shape index (κ3) is 6.35. The molecule has 2 aromatic carbocycles. The Morgan fingerprint density at radius 1 is 1.18 bits per heavy atom. The van der Waals surface area contributed by atoms with Gasteiger partial charge in [0.1, 0.15) is 5.75 Å². The minimum Gasteiger partial charge on any atom is -0.455 e. The molecular formula is C30H41ClN2O5. The summed E-state index contributed by atoms with van der Waals surface area (Å²) in [7, 11) is 1.67. The molecule has 4 rings (SSSR count). The highest BCUT2D eigenvalue weighted by atomic mass is 35.5. The summed E-state index contributed by atoms with van der Waals surface area (Å²) in [6.07, 6.45) is 3.84. The number of likely N-dealkylation sites (tertiary alicyclic amines) is 1. The van der Waals surface area contributed by atoms with Gasteiger partial charge in [0, 0.05) is 50.2 Å². The maximum absolute atomic E-state index is 13.4. The van der Waals surface area contributed by atoms with Crippen LogP contribution in [-0.4, -0.2) is 60.0 Å². The van der Waals surface area contributed by atoms with Crippen molar-refractivity contribution in [3.8, 4) is 11.5 Å². The average molecular weight is 545 g/mol. The molecule has 0 spiro atoms. The Kier molecular flexibility index (Phi) is 9.71. The molecule has 0 radical (unpaired) electrons. The van der Waals surface area contributed by atoms with Gasteiger partial charge in [-0.1, -0.05) is 41.9 Å². The number of piperidine rings is 1. The quantitative estimate of drug-likeness (QED) is 0.372. The number of halogens is 1. The summed E-state index contributed by atoms with van der Waals surface area (Å²) in [6, 6.07) is 12.9. The van der Waals surface area contributed by atoms with Gasteiger partial charge in [0.05, 0.1) is 16.7 Å². The molecule has 1 aliphatic heterocycles. The molecule has 8 heteroatoms. The summed E-state index contributed by atoms with van der Waals surface area (Å²) in [6.45, 7) is 3.65. The van der Waals surface area contributed by atoms with E-state index in [1.54, 1.807) is 13.2 Å². The van der Waals surface area contributed by atoms with E-state index in [1.165, 1.54) is 0 Å². The molecule has 2 aliphatic rings. The molecule has 0 aromatic heterocycles. The van der Waals surface area contributed by atoms with E-state index in [0.717, 1.165) is 31.2 Å². The van der Waals surface area contributed by atoms with E-state index in [2.05, 4.69) is 0 Å². The van der Waals surface area contributed by atoms with Crippen molar-refractivity contribution in [2.75, 3.05) is 26.8 Å². The zero-order valence-corrected chi connectivity index (χ0v) is 23.2. The van der Waals surface area contributed by atoms with Crippen LogP contribution in [0.5, 0.6) is 11.5 Å². The second-order valence-electron chi connectivity index (χ2n) is 10.9. The van der Waals surface area contributed by atoms with Crippen molar-refractivity contribution in [2.45, 2.75) is 69.6 Å². The summed E-state index contributed by atoms with van der Waals surface area (Å²) < 4.78 is 11.6. The molecule has 5 atom stereocenters. The van der Waals surface area contributed by atoms with Crippen LogP contribution in [-0.2, 0) is 15.1 Å². The predicted octanol–water partition coefficient (Wildman–Crippen LogP) is 4.78. The highest BCUT2D eigenvalue weighted by Crippen LogP contribution is 2.47. The maximum Gasteiger partial charge on any atom is 0.225 e. The second-order valence-corrected chi connectivity index (χ2v) is 11.3. The van der Waals surface area contributed by atoms with Crippen LogP contribution in [0.2, 0.25) is 5.02 Å². The number of carbonyl (C=O) groups is 1. The topological polar surface area (TPSA) is 105 Å². The number of carbonyl (C=O) groups excluding carboxylic acids is 1. The summed E-state index contributed by atoms with van der Waals surface area (Å²) in [5.74, 6) is 0.664. The Morgan fingerprint density at radius 3 is 2.68 bits per heavy atom. The average Bonchev–Trinajstić information content (AvgIpc) is 3.26. The molecule has 4 N–H and O–H groups in total. The van der Waals surface area contributed by atoms with Crippen molar-refractivity contribution in [1.82, 2.24) is 4.90 Å². The fraction of sp³-hybridized carbons (Fsp3) is 0.567. The zero-order chi connectivity index (χ0) is 27.3. The minimum atomic E-state index is -1.26. The van der Waals surface area contributed by atoms with Crippen LogP contribution in [0, 0.1) is 18.8 Å². The van der Waals surface area contributed by atoms with Gasteiger partial charge in [-0.3, -0.25) is 4.79 Å². The number of hydrogen-bond acceptors (Lipinski definition) is 6. The zero-order valence-electron chi connectivity index (χ0n) is 22.4. The molecule has 0 bridgehead atoms. The molecule has 1 aliphatic carbocycles. The van der Waals surface area contributed by atoms with Crippen LogP contribution in [0.15, 0.2) is 42.5 Å². The second kappa shape index (κ2) is 12.8. The lowest BCUT2D eigenvalue weighted by atomic mass is 9.73. The maximum atomic E-state index is 13.4. The Balaban J connectivity index is 1.65. The first-order chi connectivity index (χ1) is 18.2. The van der Waals surface area contributed by atoms with Gasteiger partial charge in [0.25, 0.3) is 0 Å². The molecule has 1 heterocycles. The summed E-state index contributed by atoms with van der Waals surface area (Å²) in [5.41, 5.74) is 6.34. The smallest absolute Gasteiger partial charge is 0.225 e. The van der Waals surface area contributed by atoms with E-state index in [1.807, 2.05) is 48.2 Å². The number of benzene rings is 2. The van der Waals surface area contributed by atoms with Gasteiger partial charge in [-0.15, -0.1) is 0 Å². The number of methoxy groups -OCH3 is 1. The van der Waals surface area contributed by atoms with E-state index in [-0.39, 0.29) is 23.8 Å². The Morgan fingerprint density at radius 2 is 1.97 bits per heavy atom. The van der Waals surface area contributed by atoms with E-state index in [4.69, 9.17) is 26.8 Å². The van der Waals surface area contributed by atoms with Crippen molar-refractivity contribution in [2.24, 2.45) is 17.6 Å². The number of unbranched alkanes of at least 4 members (excludes halogenated alkanes) is 1. The fourth-order valence-electron chi connectivity index (χ4n) is 6.01. The van der Waals surface area contributed by atoms with E-state index < -0.39 is 11.7 Å². The third-order valence-corrected chi connectivity index (χ3v) is 8.53. The molecule has 38 heavy (non-hydrogen) atoms. The molecule has 1 unspecified atom stereocenters. The number of nitrogens with zero attached hydrogens (tertiary/aromatic N) is 1. The molecule has 2 aromatic rings. The molecule has 1 saturated carbocycles. The number of aliphatic hydroxyl groups excluding tert-OH is 1. The monoisotopic (exact) mass is 544 g/mol. The summed E-state index contributed by atoms with van der Waals surface area (Å²) in [5, 5.41) is 23.1. The summed E-state index contributed by atoms with van der Waals surface area (Å²) >= 11 is 6.70. The number of ether oxygens (including phenoxy) is 2. The largest absolute Gasteiger partial charge is 0.455 e. The molecule has 1 amide bonds. The van der Waals surface area contributed by atoms with Gasteiger partial charge in [0.15, 0.2) is 5.75 Å². The first-order valence-corrected chi connectivity index (χ1v) is 14.1. The Bertz CT molecular complexity index is 1090. The predicted molar refractivity (Wildman–Crippen MR) is 148 cm³/mol. The van der Waals surface area contributed by atoms with E-state index >= 15 is 0 Å². The van der Waals surface area contributed by atoms with Crippen LogP contribution in [0.1, 0.15) is 56.1 Å². The van der Waals surface area contributed by atoms with E-state index in [9.17, 15) is 15.0 Å². The van der Waals surface area contributed by atoms with Crippen molar-refractivity contribution in [1.29, 1.82) is 0 Å². The molecule has 1 saturated heterocycles. The Labute approximate surface area is 230 Å². The van der Waals surface area contributed by atoms with Crippen LogP contribution in [0.3, 0.4) is 0 Å². The minimum absolute atomic E-state index is 0.0194. The number of hydrogen-bond donors (Lipinski definition) is 3. The fourth-order valence-corrected chi connectivity index (χ4v) is 6.22. The van der Waals surface area contributed by atoms with Crippen molar-refractivity contribution >= 4 is 17.5 Å². The van der Waals surface area contributed by atoms with Crippen LogP contribution in [0.4, 0.5) is 0 Å². The van der Waals surface area contributed by atoms with Gasteiger partial charge >= 0.3 is 0 Å². The Hall–Kier alpha value is -2.16. The SMILES string of the molecule is COCCCC[C@@](O)(c1cccc(Cl)c1Oc1ccccc1C)[C@@H]1CCCN(C(=O)C2C[C@@H](N)[C@@H](O)C2)C1. The summed E-state index contributed by atoms with van der Waals surface area (Å²) in [4.78, 5) is 15.3. The number of amides is 1. The van der Waals surface area contributed by atoms with Gasteiger partial charge in [-0.2, -0.15) is 0 Å². The van der Waals surface area contributed by atoms with Gasteiger partial charge < -0.3 is 30.3 Å². The lowest BCUT2D eigenvalue weighted by Gasteiger charge is -2.44. The van der Waals surface area contributed by atoms with Crippen molar-refractivity contribution in [3.05, 3.63) is 58.6 Å². The molecular weight excluding hydrogens is 504 g/mol. The molecule has 7 nitrogen and oxygen atoms in total. The van der Waals surface area contributed by atoms with E-state index in [0.29, 0.717) is 61.0 Å². The number of rotatable bonds is 10. The highest BCUT2D eigenvalue weighted by Gasteiger charge is 2.45. The first-order valence-electron chi connectivity index (χ1n) is 13.7. The standard InChI is InChI=1S/C30H41ClN2O5/c1-20-9-3-4-13-27(20)38-28-23(11-7-12-24(28)31)30(36,14-5-6-16-37-2)22-10-8-15-33(19-22)29(35)21-17-25(32)26(34)18-21/h3-4,7,9,11-13,21-22,25-26,34,36H,5-6,8,10,14-19,32H2,1-2H3/t21?,22-,25-,26+,30+/m1/s1. The van der Waals surface area contributed by atoms with Gasteiger partial charge in [0.2, 0.25) is 5.91 Å². The number of aliphatic hydroxyl groups is 2. The normalized spacial score (nSPS) is 25.3. The lowest BCUT2D eigenvalue weighted by molar-refractivity contribution is -0.141. The third-order valence-electron chi connectivity index (χ3n) is 8.23. The van der Waals surface area contributed by atoms with Crippen molar-refractivity contribution in [3.63, 3.8) is 0 Å². The first kappa shape index (κ1) is 28.8. The molecule has 208 valence electrons. The van der Waals surface area contributed by atoms with Gasteiger partial charge in [-0.25, -0.2) is 0 Å². The van der Waals surface area contributed by atoms with Crippen molar-refractivity contribution < 1.29 is 24.5 Å². The number of aryl methyl sites for hydroxylation is 1. The van der Waals surface area contributed by atoms with Crippen LogP contribution < -0.4 is 10.5 Å². The number of nitrogens with two attached hydrogens (primary N) is 1.